The lowest BCUT2D eigenvalue weighted by atomic mass is 10.7. The summed E-state index contributed by atoms with van der Waals surface area (Å²) in [5.74, 6) is -0.214. The maximum absolute atomic E-state index is 11.3. The van der Waals surface area contributed by atoms with Crippen molar-refractivity contribution >= 4 is 13.0 Å². The fraction of sp³-hybridized carbons (Fsp3) is 0.571. The zero-order valence-corrected chi connectivity index (χ0v) is 8.27. The summed E-state index contributed by atoms with van der Waals surface area (Å²) in [5.41, 5.74) is 0. The first-order chi connectivity index (χ1) is 5.88. The van der Waals surface area contributed by atoms with Crippen LogP contribution in [-0.4, -0.2) is 28.0 Å². The number of nitrogens with zero attached hydrogens (tertiary/aromatic N) is 3. The lowest BCUT2D eigenvalue weighted by molar-refractivity contribution is -0.389. The van der Waals surface area contributed by atoms with Crippen molar-refractivity contribution in [3.05, 3.63) is 22.4 Å². The fourth-order valence-electron chi connectivity index (χ4n) is 0.876. The molecule has 0 aliphatic carbocycles. The zero-order chi connectivity index (χ0) is 10.1. The Morgan fingerprint density at radius 3 is 2.57 bits per heavy atom. The first-order valence-corrected chi connectivity index (χ1v) is 6.39. The third-order valence-electron chi connectivity index (χ3n) is 1.30. The van der Waals surface area contributed by atoms with Crippen LogP contribution in [0.5, 0.6) is 0 Å². The van der Waals surface area contributed by atoms with E-state index >= 15 is 0 Å². The SMILES string of the molecule is C.CP(C)(=O)Cn1ccc([N+](=O)[O-])n1. The molecule has 1 aromatic rings. The Morgan fingerprint density at radius 1 is 1.64 bits per heavy atom. The molecular weight excluding hydrogens is 205 g/mol. The van der Waals surface area contributed by atoms with Crippen LogP contribution in [0.2, 0.25) is 0 Å². The summed E-state index contributed by atoms with van der Waals surface area (Å²) >= 11 is 0. The van der Waals surface area contributed by atoms with E-state index in [0.717, 1.165) is 0 Å². The molecule has 0 fully saturated rings. The highest BCUT2D eigenvalue weighted by atomic mass is 31.2. The van der Waals surface area contributed by atoms with Gasteiger partial charge in [-0.15, -0.1) is 0 Å². The zero-order valence-electron chi connectivity index (χ0n) is 7.38. The average molecular weight is 219 g/mol. The van der Waals surface area contributed by atoms with Gasteiger partial charge in [-0.3, -0.25) is 0 Å². The molecule has 6 nitrogen and oxygen atoms in total. The van der Waals surface area contributed by atoms with Crippen molar-refractivity contribution in [3.8, 4) is 0 Å². The molecule has 0 saturated carbocycles. The van der Waals surface area contributed by atoms with Crippen LogP contribution in [-0.2, 0) is 10.9 Å². The Balaban J connectivity index is 0.00000169. The monoisotopic (exact) mass is 219 g/mol. The Kier molecular flexibility index (Phi) is 4.01. The van der Waals surface area contributed by atoms with Crippen LogP contribution >= 0.6 is 7.14 Å². The topological polar surface area (TPSA) is 78.0 Å². The van der Waals surface area contributed by atoms with Gasteiger partial charge < -0.3 is 14.7 Å². The summed E-state index contributed by atoms with van der Waals surface area (Å²) in [5, 5.41) is 13.9. The highest BCUT2D eigenvalue weighted by molar-refractivity contribution is 7.61. The summed E-state index contributed by atoms with van der Waals surface area (Å²) < 4.78 is 12.7. The summed E-state index contributed by atoms with van der Waals surface area (Å²) in [6, 6.07) is 1.29. The van der Waals surface area contributed by atoms with Crippen LogP contribution in [0, 0.1) is 10.1 Å². The average Bonchev–Trinajstić information content (AvgIpc) is 2.31. The molecule has 80 valence electrons. The Bertz CT molecular complexity index is 368. The quantitative estimate of drug-likeness (QED) is 0.442. The van der Waals surface area contributed by atoms with Crippen LogP contribution in [0.15, 0.2) is 12.3 Å². The Labute approximate surface area is 82.4 Å². The molecule has 0 atom stereocenters. The van der Waals surface area contributed by atoms with Gasteiger partial charge in [0.25, 0.3) is 0 Å². The molecule has 0 saturated heterocycles. The standard InChI is InChI=1S/C6H10N3O3P.CH4/c1-13(2,12)5-8-4-3-6(7-8)9(10)11;/h3-4H,5H2,1-2H3;1H4. The van der Waals surface area contributed by atoms with E-state index in [-0.39, 0.29) is 19.5 Å². The molecule has 0 N–H and O–H groups in total. The minimum Gasteiger partial charge on any atom is -0.358 e. The first kappa shape index (κ1) is 12.8. The molecule has 0 aliphatic heterocycles. The fourth-order valence-corrected chi connectivity index (χ4v) is 1.73. The maximum atomic E-state index is 11.3. The van der Waals surface area contributed by atoms with E-state index in [1.165, 1.54) is 16.9 Å². The van der Waals surface area contributed by atoms with E-state index in [1.807, 2.05) is 0 Å². The smallest absolute Gasteiger partial charge is 0.358 e. The van der Waals surface area contributed by atoms with Gasteiger partial charge in [-0.1, -0.05) is 7.43 Å². The van der Waals surface area contributed by atoms with Crippen molar-refractivity contribution in [2.24, 2.45) is 0 Å². The van der Waals surface area contributed by atoms with Gasteiger partial charge in [0.1, 0.15) is 13.4 Å². The van der Waals surface area contributed by atoms with Crippen molar-refractivity contribution < 1.29 is 9.49 Å². The van der Waals surface area contributed by atoms with Crippen molar-refractivity contribution in [2.45, 2.75) is 13.7 Å². The summed E-state index contributed by atoms with van der Waals surface area (Å²) in [7, 11) is -2.23. The molecule has 1 aromatic heterocycles. The van der Waals surface area contributed by atoms with E-state index in [1.54, 1.807) is 13.3 Å². The second-order valence-corrected chi connectivity index (χ2v) is 6.62. The second-order valence-electron chi connectivity index (χ2n) is 3.19. The summed E-state index contributed by atoms with van der Waals surface area (Å²) in [6.07, 6.45) is 1.69. The lowest BCUT2D eigenvalue weighted by Gasteiger charge is -2.01. The Hall–Kier alpha value is -1.16. The van der Waals surface area contributed by atoms with Crippen LogP contribution in [0.4, 0.5) is 5.82 Å². The first-order valence-electron chi connectivity index (χ1n) is 3.60. The number of rotatable bonds is 3. The third kappa shape index (κ3) is 3.70. The molecular formula is C7H14N3O3P. The van der Waals surface area contributed by atoms with E-state index in [0.29, 0.717) is 0 Å². The summed E-state index contributed by atoms with van der Waals surface area (Å²) in [4.78, 5) is 9.66. The molecule has 7 heteroatoms. The molecule has 0 aromatic carbocycles. The summed E-state index contributed by atoms with van der Waals surface area (Å²) in [6.45, 7) is 3.22. The minimum atomic E-state index is -2.23. The van der Waals surface area contributed by atoms with E-state index < -0.39 is 12.1 Å². The van der Waals surface area contributed by atoms with E-state index in [4.69, 9.17) is 0 Å². The molecule has 0 amide bonds. The highest BCUT2D eigenvalue weighted by Gasteiger charge is 2.15. The number of nitro groups is 1. The number of aromatic nitrogens is 2. The molecule has 14 heavy (non-hydrogen) atoms. The number of hydrogen-bond acceptors (Lipinski definition) is 4. The lowest BCUT2D eigenvalue weighted by Crippen LogP contribution is -1.99. The van der Waals surface area contributed by atoms with Crippen LogP contribution in [0.25, 0.3) is 0 Å². The van der Waals surface area contributed by atoms with Crippen molar-refractivity contribution in [3.63, 3.8) is 0 Å². The van der Waals surface area contributed by atoms with Gasteiger partial charge in [0.2, 0.25) is 0 Å². The van der Waals surface area contributed by atoms with Gasteiger partial charge >= 0.3 is 5.82 Å². The minimum absolute atomic E-state index is 0. The van der Waals surface area contributed by atoms with Gasteiger partial charge in [0.15, 0.2) is 0 Å². The van der Waals surface area contributed by atoms with Crippen molar-refractivity contribution in [2.75, 3.05) is 13.3 Å². The molecule has 0 radical (unpaired) electrons. The van der Waals surface area contributed by atoms with Gasteiger partial charge in [-0.2, -0.15) is 4.68 Å². The maximum Gasteiger partial charge on any atom is 0.389 e. The largest absolute Gasteiger partial charge is 0.389 e. The predicted molar refractivity (Wildman–Crippen MR) is 55.1 cm³/mol. The molecule has 0 spiro atoms. The van der Waals surface area contributed by atoms with E-state index in [2.05, 4.69) is 5.10 Å². The molecule has 1 heterocycles. The second kappa shape index (κ2) is 4.37. The van der Waals surface area contributed by atoms with Crippen LogP contribution in [0.3, 0.4) is 0 Å². The highest BCUT2D eigenvalue weighted by Crippen LogP contribution is 2.37. The molecule has 1 rings (SSSR count). The van der Waals surface area contributed by atoms with Crippen LogP contribution < -0.4 is 0 Å². The van der Waals surface area contributed by atoms with Crippen molar-refractivity contribution in [1.29, 1.82) is 0 Å². The molecule has 0 bridgehead atoms. The van der Waals surface area contributed by atoms with Gasteiger partial charge in [0, 0.05) is 0 Å². The van der Waals surface area contributed by atoms with Gasteiger partial charge in [-0.25, -0.2) is 0 Å². The van der Waals surface area contributed by atoms with E-state index in [9.17, 15) is 14.7 Å². The molecule has 0 aliphatic rings. The third-order valence-corrected chi connectivity index (χ3v) is 2.27. The normalized spacial score (nSPS) is 10.7. The Morgan fingerprint density at radius 2 is 2.21 bits per heavy atom. The predicted octanol–water partition coefficient (Wildman–Crippen LogP) is 2.01. The van der Waals surface area contributed by atoms with Gasteiger partial charge in [-0.05, 0) is 18.3 Å². The van der Waals surface area contributed by atoms with Gasteiger partial charge in [0.05, 0.1) is 17.4 Å². The molecule has 0 unspecified atom stereocenters. The van der Waals surface area contributed by atoms with Crippen LogP contribution in [0.1, 0.15) is 7.43 Å². The van der Waals surface area contributed by atoms with Crippen molar-refractivity contribution in [1.82, 2.24) is 9.78 Å². The number of hydrogen-bond donors (Lipinski definition) is 0.